The average Bonchev–Trinajstić information content (AvgIpc) is 3.65. The van der Waals surface area contributed by atoms with Crippen LogP contribution in [0.5, 0.6) is 0 Å². The van der Waals surface area contributed by atoms with E-state index in [0.29, 0.717) is 19.3 Å². The number of rotatable bonds is 3. The van der Waals surface area contributed by atoms with Crippen LogP contribution in [0.2, 0.25) is 0 Å². The number of carbonyl (C=O) groups is 2. The van der Waals surface area contributed by atoms with Crippen molar-refractivity contribution in [2.75, 3.05) is 0 Å². The van der Waals surface area contributed by atoms with Crippen LogP contribution in [0.4, 0.5) is 0 Å². The summed E-state index contributed by atoms with van der Waals surface area (Å²) >= 11 is 0. The Morgan fingerprint density at radius 1 is 1.18 bits per heavy atom. The summed E-state index contributed by atoms with van der Waals surface area (Å²) in [7, 11) is 0. The first-order valence-electron chi connectivity index (χ1n) is 14.2. The van der Waals surface area contributed by atoms with E-state index in [1.165, 1.54) is 13.0 Å². The lowest BCUT2D eigenvalue weighted by Gasteiger charge is -2.56. The van der Waals surface area contributed by atoms with Crippen LogP contribution in [-0.2, 0) is 28.5 Å². The fourth-order valence-electron chi connectivity index (χ4n) is 10.2. The fraction of sp³-hybridized carbons (Fsp3) is 0.862. The van der Waals surface area contributed by atoms with E-state index in [4.69, 9.17) is 18.9 Å². The van der Waals surface area contributed by atoms with Gasteiger partial charge in [-0.25, -0.2) is 0 Å². The van der Waals surface area contributed by atoms with Crippen LogP contribution < -0.4 is 0 Å². The number of esters is 1. The summed E-state index contributed by atoms with van der Waals surface area (Å²) in [5.74, 6) is -1.05. The van der Waals surface area contributed by atoms with Gasteiger partial charge in [-0.05, 0) is 81.8 Å². The molecule has 4 aliphatic carbocycles. The highest BCUT2D eigenvalue weighted by molar-refractivity contribution is 5.95. The van der Waals surface area contributed by atoms with Crippen molar-refractivity contribution in [2.24, 2.45) is 35.0 Å². The maximum Gasteiger partial charge on any atom is 0.302 e. The predicted molar refractivity (Wildman–Crippen MR) is 131 cm³/mol. The molecule has 3 aliphatic heterocycles. The molecule has 0 aromatic rings. The van der Waals surface area contributed by atoms with Crippen molar-refractivity contribution in [2.45, 2.75) is 120 Å². The molecule has 0 aromatic carbocycles. The first-order valence-corrected chi connectivity index (χ1v) is 14.2. The molecule has 15 atom stereocenters. The molecule has 3 saturated heterocycles. The molecule has 6 fully saturated rings. The second kappa shape index (κ2) is 7.47. The zero-order valence-corrected chi connectivity index (χ0v) is 22.8. The highest BCUT2D eigenvalue weighted by Gasteiger charge is 2.78. The minimum absolute atomic E-state index is 0.00648. The van der Waals surface area contributed by atoms with Gasteiger partial charge in [0.05, 0.1) is 23.7 Å². The lowest BCUT2D eigenvalue weighted by atomic mass is 9.48. The number of ketones is 1. The van der Waals surface area contributed by atoms with Crippen LogP contribution in [0.15, 0.2) is 12.2 Å². The van der Waals surface area contributed by atoms with E-state index in [1.807, 2.05) is 13.8 Å². The van der Waals surface area contributed by atoms with Crippen LogP contribution in [0.25, 0.3) is 0 Å². The summed E-state index contributed by atoms with van der Waals surface area (Å²) in [6.45, 7) is 9.16. The molecule has 7 rings (SSSR count). The van der Waals surface area contributed by atoms with Crippen LogP contribution in [0.1, 0.15) is 66.7 Å². The molecule has 9 nitrogen and oxygen atoms in total. The topological polar surface area (TPSA) is 138 Å². The maximum atomic E-state index is 13.2. The van der Waals surface area contributed by atoms with E-state index in [9.17, 15) is 24.9 Å². The zero-order chi connectivity index (χ0) is 27.2. The Bertz CT molecular complexity index is 1120. The molecule has 210 valence electrons. The van der Waals surface area contributed by atoms with Gasteiger partial charge in [-0.2, -0.15) is 0 Å². The number of hydrogen-bond acceptors (Lipinski definition) is 9. The molecular formula is C29H40O9. The number of aliphatic hydroxyl groups excluding tert-OH is 2. The quantitative estimate of drug-likeness (QED) is 0.366. The second-order valence-corrected chi connectivity index (χ2v) is 14.1. The fourth-order valence-corrected chi connectivity index (χ4v) is 10.2. The van der Waals surface area contributed by atoms with E-state index in [2.05, 4.69) is 6.92 Å². The number of fused-ring (bicyclic) bond motifs is 5. The van der Waals surface area contributed by atoms with Gasteiger partial charge in [-0.1, -0.05) is 6.92 Å². The number of ether oxygens (including phenoxy) is 4. The molecular weight excluding hydrogens is 492 g/mol. The summed E-state index contributed by atoms with van der Waals surface area (Å²) in [4.78, 5) is 25.5. The molecule has 7 aliphatic rings. The van der Waals surface area contributed by atoms with Crippen molar-refractivity contribution >= 4 is 11.8 Å². The van der Waals surface area contributed by atoms with E-state index in [-0.39, 0.29) is 41.5 Å². The lowest BCUT2D eigenvalue weighted by Crippen LogP contribution is -2.61. The Kier molecular flexibility index (Phi) is 5.04. The van der Waals surface area contributed by atoms with Gasteiger partial charge < -0.3 is 34.3 Å². The first kappa shape index (κ1) is 25.6. The third-order valence-electron chi connectivity index (χ3n) is 12.3. The van der Waals surface area contributed by atoms with Gasteiger partial charge in [-0.15, -0.1) is 0 Å². The molecule has 0 aromatic heterocycles. The highest BCUT2D eigenvalue weighted by Crippen LogP contribution is 2.70. The number of hydrogen-bond donors (Lipinski definition) is 3. The van der Waals surface area contributed by atoms with Gasteiger partial charge in [0.15, 0.2) is 12.1 Å². The third kappa shape index (κ3) is 2.98. The second-order valence-electron chi connectivity index (χ2n) is 14.1. The Morgan fingerprint density at radius 3 is 2.61 bits per heavy atom. The van der Waals surface area contributed by atoms with Gasteiger partial charge in [0.2, 0.25) is 0 Å². The van der Waals surface area contributed by atoms with Crippen molar-refractivity contribution in [3.63, 3.8) is 0 Å². The molecule has 3 N–H and O–H groups in total. The van der Waals surface area contributed by atoms with Gasteiger partial charge in [0, 0.05) is 19.3 Å². The highest BCUT2D eigenvalue weighted by atomic mass is 16.7. The Morgan fingerprint density at radius 2 is 1.92 bits per heavy atom. The number of aliphatic hydroxyl groups is 3. The van der Waals surface area contributed by atoms with Crippen molar-refractivity contribution in [1.82, 2.24) is 0 Å². The normalized spacial score (nSPS) is 59.4. The van der Waals surface area contributed by atoms with Gasteiger partial charge in [-0.3, -0.25) is 9.59 Å². The smallest absolute Gasteiger partial charge is 0.302 e. The summed E-state index contributed by atoms with van der Waals surface area (Å²) < 4.78 is 24.0. The van der Waals surface area contributed by atoms with Crippen LogP contribution in [-0.4, -0.2) is 80.2 Å². The molecule has 0 radical (unpaired) electrons. The summed E-state index contributed by atoms with van der Waals surface area (Å²) in [6.07, 6.45) is 2.96. The third-order valence-corrected chi connectivity index (χ3v) is 12.3. The molecule has 9 heteroatoms. The zero-order valence-electron chi connectivity index (χ0n) is 22.8. The first-order chi connectivity index (χ1) is 17.7. The van der Waals surface area contributed by atoms with Crippen LogP contribution in [0.3, 0.4) is 0 Å². The number of epoxide rings is 2. The van der Waals surface area contributed by atoms with Crippen molar-refractivity contribution in [3.8, 4) is 0 Å². The minimum atomic E-state index is -1.32. The molecule has 0 bridgehead atoms. The predicted octanol–water partition coefficient (Wildman–Crippen LogP) is 1.65. The molecule has 38 heavy (non-hydrogen) atoms. The SMILES string of the molecule is CC(=O)O[C@@H]1C[C@@H]([C@@](C)(O)[C@@H]2C[C@]3(C)O[C@]3(C)[C@H](O)O2)[C@@]2(C)CC[C@@H]3[C@@H](C[C@H]4O[C@@]45[C@@H]3C(=O)C=C[C@@H]5O)[C@H]12. The van der Waals surface area contributed by atoms with Crippen molar-refractivity contribution in [1.29, 1.82) is 0 Å². The Hall–Kier alpha value is -1.36. The molecule has 0 unspecified atom stereocenters. The lowest BCUT2D eigenvalue weighted by molar-refractivity contribution is -0.247. The van der Waals surface area contributed by atoms with Crippen LogP contribution >= 0.6 is 0 Å². The van der Waals surface area contributed by atoms with Crippen molar-refractivity contribution < 1.29 is 43.9 Å². The van der Waals surface area contributed by atoms with Crippen molar-refractivity contribution in [3.05, 3.63) is 12.2 Å². The van der Waals surface area contributed by atoms with Gasteiger partial charge >= 0.3 is 5.97 Å². The number of allylic oxidation sites excluding steroid dienone is 1. The largest absolute Gasteiger partial charge is 0.462 e. The molecule has 3 heterocycles. The molecule has 3 saturated carbocycles. The van der Waals surface area contributed by atoms with Gasteiger partial charge in [0.1, 0.15) is 29.0 Å². The Balaban J connectivity index is 1.23. The van der Waals surface area contributed by atoms with E-state index in [0.717, 1.165) is 12.8 Å². The summed E-state index contributed by atoms with van der Waals surface area (Å²) in [5, 5.41) is 33.7. The average molecular weight is 533 g/mol. The van der Waals surface area contributed by atoms with E-state index >= 15 is 0 Å². The Labute approximate surface area is 222 Å². The standard InChI is InChI=1S/C29H40O9/c1-13(30)35-17-11-18(27(4,34)21-12-26(3)28(5,38-26)24(33)36-21)25(2)9-8-14-15(23(17)25)10-20-29(37-20)19(32)7-6-16(31)22(14)29/h6-7,14-15,17-24,32-34H,8-12H2,1-5H3/t14-,15-,17-,18-,19+,20-,21+,22+,23-,24-,25-,26+,27-,28-,29-/m1/s1. The molecule has 1 spiro atoms. The maximum absolute atomic E-state index is 13.2. The van der Waals surface area contributed by atoms with Crippen LogP contribution in [0, 0.1) is 35.0 Å². The minimum Gasteiger partial charge on any atom is -0.462 e. The van der Waals surface area contributed by atoms with E-state index in [1.54, 1.807) is 13.0 Å². The molecule has 0 amide bonds. The van der Waals surface area contributed by atoms with E-state index < -0.39 is 58.3 Å². The summed E-state index contributed by atoms with van der Waals surface area (Å²) in [6, 6.07) is 0. The summed E-state index contributed by atoms with van der Waals surface area (Å²) in [5.41, 5.74) is -3.88. The monoisotopic (exact) mass is 532 g/mol. The number of carbonyl (C=O) groups excluding carboxylic acids is 2. The van der Waals surface area contributed by atoms with Gasteiger partial charge in [0.25, 0.3) is 0 Å².